The van der Waals surface area contributed by atoms with E-state index >= 15 is 0 Å². The van der Waals surface area contributed by atoms with E-state index in [0.29, 0.717) is 17.7 Å². The molecule has 2 heterocycles. The number of rotatable bonds is 2. The lowest BCUT2D eigenvalue weighted by Gasteiger charge is -2.27. The Morgan fingerprint density at radius 2 is 2.26 bits per heavy atom. The average molecular weight is 321 g/mol. The van der Waals surface area contributed by atoms with Crippen molar-refractivity contribution < 1.29 is 5.11 Å². The first-order valence-electron chi connectivity index (χ1n) is 6.61. The van der Waals surface area contributed by atoms with Gasteiger partial charge in [-0.15, -0.1) is 0 Å². The van der Waals surface area contributed by atoms with Gasteiger partial charge in [-0.1, -0.05) is 28.9 Å². The topological polar surface area (TPSA) is 36.4 Å². The number of aromatic hydroxyl groups is 1. The molecule has 1 aromatic heterocycles. The Balaban J connectivity index is 2.12. The second-order valence-corrected chi connectivity index (χ2v) is 5.87. The van der Waals surface area contributed by atoms with Crippen LogP contribution in [0.2, 0.25) is 0 Å². The van der Waals surface area contributed by atoms with E-state index in [9.17, 15) is 5.11 Å². The van der Waals surface area contributed by atoms with E-state index < -0.39 is 0 Å². The van der Waals surface area contributed by atoms with E-state index in [0.717, 1.165) is 28.5 Å². The molecule has 0 aliphatic carbocycles. The summed E-state index contributed by atoms with van der Waals surface area (Å²) in [4.78, 5) is 6.92. The molecule has 4 heteroatoms. The molecule has 2 unspecified atom stereocenters. The fourth-order valence-electron chi connectivity index (χ4n) is 2.88. The number of hydrogen-bond donors (Lipinski definition) is 1. The Hall–Kier alpha value is -1.29. The maximum absolute atomic E-state index is 9.72. The number of hydrogen-bond acceptors (Lipinski definition) is 3. The van der Waals surface area contributed by atoms with Crippen LogP contribution >= 0.6 is 15.9 Å². The Labute approximate surface area is 121 Å². The second-order valence-electron chi connectivity index (χ2n) is 5.22. The molecule has 3 rings (SSSR count). The first-order valence-corrected chi connectivity index (χ1v) is 7.73. The Morgan fingerprint density at radius 1 is 1.42 bits per heavy atom. The third kappa shape index (κ3) is 2.18. The molecule has 2 atom stereocenters. The van der Waals surface area contributed by atoms with Crippen LogP contribution in [0.25, 0.3) is 10.8 Å². The largest absolute Gasteiger partial charge is 0.508 e. The van der Waals surface area contributed by atoms with Crippen LogP contribution in [0.5, 0.6) is 5.75 Å². The molecule has 2 aromatic rings. The molecular weight excluding hydrogens is 304 g/mol. The second kappa shape index (κ2) is 5.00. The summed E-state index contributed by atoms with van der Waals surface area (Å²) in [7, 11) is 0. The number of benzene rings is 1. The molecule has 0 radical (unpaired) electrons. The van der Waals surface area contributed by atoms with Gasteiger partial charge in [0.1, 0.15) is 11.6 Å². The number of phenols is 1. The minimum Gasteiger partial charge on any atom is -0.508 e. The van der Waals surface area contributed by atoms with E-state index in [1.807, 2.05) is 24.4 Å². The zero-order valence-corrected chi connectivity index (χ0v) is 12.5. The highest BCUT2D eigenvalue weighted by atomic mass is 79.9. The normalized spacial score (nSPS) is 23.2. The predicted octanol–water partition coefficient (Wildman–Crippen LogP) is 3.55. The molecule has 0 amide bonds. The van der Waals surface area contributed by atoms with Gasteiger partial charge in [-0.2, -0.15) is 0 Å². The van der Waals surface area contributed by atoms with Gasteiger partial charge in [-0.25, -0.2) is 4.98 Å². The molecular formula is C15H17BrN2O. The first-order chi connectivity index (χ1) is 9.20. The first kappa shape index (κ1) is 12.7. The van der Waals surface area contributed by atoms with Crippen LogP contribution in [0, 0.1) is 5.92 Å². The van der Waals surface area contributed by atoms with Crippen LogP contribution in [0.4, 0.5) is 5.82 Å². The third-order valence-electron chi connectivity index (χ3n) is 4.04. The van der Waals surface area contributed by atoms with Gasteiger partial charge in [0, 0.05) is 29.5 Å². The van der Waals surface area contributed by atoms with Crippen LogP contribution < -0.4 is 4.90 Å². The molecule has 3 nitrogen and oxygen atoms in total. The Kier molecular flexibility index (Phi) is 3.35. The van der Waals surface area contributed by atoms with Gasteiger partial charge in [0.05, 0.1) is 0 Å². The Morgan fingerprint density at radius 3 is 3.05 bits per heavy atom. The van der Waals surface area contributed by atoms with Gasteiger partial charge in [-0.05, 0) is 35.9 Å². The molecule has 0 spiro atoms. The van der Waals surface area contributed by atoms with Crippen LogP contribution in [-0.4, -0.2) is 28.0 Å². The van der Waals surface area contributed by atoms with Gasteiger partial charge in [0.2, 0.25) is 0 Å². The molecule has 1 saturated heterocycles. The van der Waals surface area contributed by atoms with E-state index in [1.54, 1.807) is 6.07 Å². The van der Waals surface area contributed by atoms with Crippen molar-refractivity contribution in [2.24, 2.45) is 5.92 Å². The van der Waals surface area contributed by atoms with Crippen molar-refractivity contribution >= 4 is 32.5 Å². The van der Waals surface area contributed by atoms with Gasteiger partial charge in [0.25, 0.3) is 0 Å². The summed E-state index contributed by atoms with van der Waals surface area (Å²) in [5.41, 5.74) is 0. The van der Waals surface area contributed by atoms with Gasteiger partial charge < -0.3 is 10.0 Å². The highest BCUT2D eigenvalue weighted by Gasteiger charge is 2.31. The van der Waals surface area contributed by atoms with Crippen LogP contribution in [-0.2, 0) is 0 Å². The fraction of sp³-hybridized carbons (Fsp3) is 0.400. The van der Waals surface area contributed by atoms with Crippen molar-refractivity contribution in [3.05, 3.63) is 30.5 Å². The van der Waals surface area contributed by atoms with Gasteiger partial charge in [-0.3, -0.25) is 0 Å². The van der Waals surface area contributed by atoms with Crippen molar-refractivity contribution in [2.75, 3.05) is 16.8 Å². The standard InChI is InChI=1S/C15H17BrN2O/c1-10-5-7-18(14(10)9-16)15-13-8-12(19)3-2-11(13)4-6-17-15/h2-4,6,8,10,14,19H,5,7,9H2,1H3. The van der Waals surface area contributed by atoms with Crippen molar-refractivity contribution in [3.63, 3.8) is 0 Å². The fourth-order valence-corrected chi connectivity index (χ4v) is 3.86. The summed E-state index contributed by atoms with van der Waals surface area (Å²) >= 11 is 3.61. The lowest BCUT2D eigenvalue weighted by atomic mass is 10.0. The van der Waals surface area contributed by atoms with E-state index in [2.05, 4.69) is 32.7 Å². The summed E-state index contributed by atoms with van der Waals surface area (Å²) in [6.45, 7) is 3.31. The lowest BCUT2D eigenvalue weighted by molar-refractivity contribution is 0.476. The highest BCUT2D eigenvalue weighted by Crippen LogP contribution is 2.34. The van der Waals surface area contributed by atoms with Gasteiger partial charge in [0.15, 0.2) is 0 Å². The third-order valence-corrected chi connectivity index (χ3v) is 4.70. The lowest BCUT2D eigenvalue weighted by Crippen LogP contribution is -2.34. The predicted molar refractivity (Wildman–Crippen MR) is 82.1 cm³/mol. The summed E-state index contributed by atoms with van der Waals surface area (Å²) in [6, 6.07) is 7.94. The summed E-state index contributed by atoms with van der Waals surface area (Å²) < 4.78 is 0. The molecule has 1 N–H and O–H groups in total. The van der Waals surface area contributed by atoms with Crippen molar-refractivity contribution in [2.45, 2.75) is 19.4 Å². The molecule has 0 saturated carbocycles. The number of alkyl halides is 1. The zero-order valence-electron chi connectivity index (χ0n) is 10.9. The molecule has 1 aliphatic heterocycles. The van der Waals surface area contributed by atoms with Crippen LogP contribution in [0.15, 0.2) is 30.5 Å². The number of aromatic nitrogens is 1. The number of pyridine rings is 1. The maximum Gasteiger partial charge on any atom is 0.136 e. The molecule has 100 valence electrons. The molecule has 1 fully saturated rings. The highest BCUT2D eigenvalue weighted by molar-refractivity contribution is 9.09. The quantitative estimate of drug-likeness (QED) is 0.860. The number of phenolic OH excluding ortho intramolecular Hbond substituents is 1. The SMILES string of the molecule is CC1CCN(c2nccc3ccc(O)cc23)C1CBr. The maximum atomic E-state index is 9.72. The van der Waals surface area contributed by atoms with Crippen molar-refractivity contribution in [1.29, 1.82) is 0 Å². The van der Waals surface area contributed by atoms with Crippen molar-refractivity contribution in [3.8, 4) is 5.75 Å². The molecule has 1 aliphatic rings. The smallest absolute Gasteiger partial charge is 0.136 e. The number of fused-ring (bicyclic) bond motifs is 1. The van der Waals surface area contributed by atoms with E-state index in [1.165, 1.54) is 6.42 Å². The number of nitrogens with zero attached hydrogens (tertiary/aromatic N) is 2. The zero-order chi connectivity index (χ0) is 13.4. The minimum atomic E-state index is 0.296. The molecule has 0 bridgehead atoms. The summed E-state index contributed by atoms with van der Waals surface area (Å²) in [6.07, 6.45) is 3.04. The number of anilines is 1. The number of halogens is 1. The molecule has 1 aromatic carbocycles. The average Bonchev–Trinajstić information content (AvgIpc) is 2.79. The Bertz CT molecular complexity index is 602. The van der Waals surface area contributed by atoms with Gasteiger partial charge >= 0.3 is 0 Å². The van der Waals surface area contributed by atoms with Crippen LogP contribution in [0.3, 0.4) is 0 Å². The van der Waals surface area contributed by atoms with Crippen LogP contribution in [0.1, 0.15) is 13.3 Å². The monoisotopic (exact) mass is 320 g/mol. The summed E-state index contributed by atoms with van der Waals surface area (Å²) in [5, 5.41) is 12.8. The molecule has 19 heavy (non-hydrogen) atoms. The van der Waals surface area contributed by atoms with Crippen molar-refractivity contribution in [1.82, 2.24) is 4.98 Å². The minimum absolute atomic E-state index is 0.296. The van der Waals surface area contributed by atoms with E-state index in [4.69, 9.17) is 0 Å². The summed E-state index contributed by atoms with van der Waals surface area (Å²) in [5.74, 6) is 1.94. The van der Waals surface area contributed by atoms with E-state index in [-0.39, 0.29) is 0 Å².